The average Bonchev–Trinajstić information content (AvgIpc) is 2.58. The van der Waals surface area contributed by atoms with E-state index in [9.17, 15) is 4.79 Å². The molecule has 0 spiro atoms. The molecule has 1 heterocycles. The molecule has 0 aromatic heterocycles. The first-order valence-electron chi connectivity index (χ1n) is 7.64. The van der Waals surface area contributed by atoms with Crippen molar-refractivity contribution in [2.24, 2.45) is 5.92 Å². The Balaban J connectivity index is 1.67. The normalized spacial score (nSPS) is 21.8. The van der Waals surface area contributed by atoms with E-state index in [0.717, 1.165) is 12.0 Å². The Labute approximate surface area is 130 Å². The lowest BCUT2D eigenvalue weighted by molar-refractivity contribution is -0.201. The van der Waals surface area contributed by atoms with Crippen molar-refractivity contribution in [3.05, 3.63) is 71.8 Å². The highest BCUT2D eigenvalue weighted by molar-refractivity contribution is 5.78. The smallest absolute Gasteiger partial charge is 0.312 e. The fraction of sp³-hybridized carbons (Fsp3) is 0.316. The molecule has 0 aliphatic carbocycles. The molecule has 0 bridgehead atoms. The lowest BCUT2D eigenvalue weighted by Gasteiger charge is -2.38. The number of hydrogen-bond acceptors (Lipinski definition) is 3. The molecule has 0 unspecified atom stereocenters. The Bertz CT molecular complexity index is 609. The van der Waals surface area contributed by atoms with Crippen LogP contribution in [0.25, 0.3) is 0 Å². The average molecular weight is 296 g/mol. The summed E-state index contributed by atoms with van der Waals surface area (Å²) in [5.74, 6) is -0.226. The summed E-state index contributed by atoms with van der Waals surface area (Å²) in [6.07, 6.45) is 0.474. The van der Waals surface area contributed by atoms with Crippen molar-refractivity contribution in [3.63, 3.8) is 0 Å². The Kier molecular flexibility index (Phi) is 4.54. The zero-order chi connectivity index (χ0) is 15.4. The number of carbonyl (C=O) groups excluding carboxylic acids is 1. The van der Waals surface area contributed by atoms with Gasteiger partial charge in [-0.2, -0.15) is 0 Å². The Morgan fingerprint density at radius 3 is 2.14 bits per heavy atom. The summed E-state index contributed by atoms with van der Waals surface area (Å²) in [5.41, 5.74) is 2.31. The van der Waals surface area contributed by atoms with Crippen molar-refractivity contribution in [1.82, 2.24) is 0 Å². The van der Waals surface area contributed by atoms with Gasteiger partial charge in [-0.1, -0.05) is 60.7 Å². The summed E-state index contributed by atoms with van der Waals surface area (Å²) in [6, 6.07) is 20.2. The second-order valence-corrected chi connectivity index (χ2v) is 5.71. The SMILES string of the molecule is C[C@@H]1C(=O)O[C@H]1[C@@H](Cc1ccccc1)OCc1ccccc1. The van der Waals surface area contributed by atoms with Gasteiger partial charge in [-0.3, -0.25) is 4.79 Å². The van der Waals surface area contributed by atoms with E-state index in [0.29, 0.717) is 6.61 Å². The number of benzene rings is 2. The van der Waals surface area contributed by atoms with Crippen LogP contribution in [0.3, 0.4) is 0 Å². The minimum Gasteiger partial charge on any atom is -0.458 e. The monoisotopic (exact) mass is 296 g/mol. The van der Waals surface area contributed by atoms with Gasteiger partial charge in [-0.15, -0.1) is 0 Å². The third kappa shape index (κ3) is 3.37. The van der Waals surface area contributed by atoms with E-state index in [-0.39, 0.29) is 24.1 Å². The topological polar surface area (TPSA) is 35.5 Å². The predicted octanol–water partition coefficient (Wildman–Crippen LogP) is 3.38. The van der Waals surface area contributed by atoms with Gasteiger partial charge in [0.25, 0.3) is 0 Å². The minimum atomic E-state index is -0.156. The van der Waals surface area contributed by atoms with Crippen LogP contribution in [0, 0.1) is 5.92 Å². The first kappa shape index (κ1) is 14.8. The molecule has 1 saturated heterocycles. The molecule has 0 amide bonds. The summed E-state index contributed by atoms with van der Waals surface area (Å²) in [7, 11) is 0. The van der Waals surface area contributed by atoms with Crippen molar-refractivity contribution in [3.8, 4) is 0 Å². The Morgan fingerprint density at radius 2 is 1.59 bits per heavy atom. The molecule has 0 N–H and O–H groups in total. The van der Waals surface area contributed by atoms with E-state index >= 15 is 0 Å². The molecule has 1 aliphatic heterocycles. The van der Waals surface area contributed by atoms with Crippen molar-refractivity contribution in [2.75, 3.05) is 0 Å². The summed E-state index contributed by atoms with van der Waals surface area (Å²) in [5, 5.41) is 0. The van der Waals surface area contributed by atoms with E-state index in [1.807, 2.05) is 55.5 Å². The standard InChI is InChI=1S/C19H20O3/c1-14-18(22-19(14)20)17(12-15-8-4-2-5-9-15)21-13-16-10-6-3-7-11-16/h2-11,14,17-18H,12-13H2,1H3/t14-,17+,18+/m0/s1. The van der Waals surface area contributed by atoms with Crippen LogP contribution in [0.1, 0.15) is 18.1 Å². The zero-order valence-electron chi connectivity index (χ0n) is 12.6. The van der Waals surface area contributed by atoms with Crippen LogP contribution >= 0.6 is 0 Å². The van der Waals surface area contributed by atoms with Crippen LogP contribution in [0.5, 0.6) is 0 Å². The lowest BCUT2D eigenvalue weighted by atomic mass is 9.90. The van der Waals surface area contributed by atoms with Gasteiger partial charge < -0.3 is 9.47 Å². The van der Waals surface area contributed by atoms with Gasteiger partial charge in [0.05, 0.1) is 18.6 Å². The van der Waals surface area contributed by atoms with Gasteiger partial charge in [0.1, 0.15) is 6.10 Å². The summed E-state index contributed by atoms with van der Waals surface area (Å²) >= 11 is 0. The number of carbonyl (C=O) groups is 1. The highest BCUT2D eigenvalue weighted by atomic mass is 16.6. The van der Waals surface area contributed by atoms with Gasteiger partial charge in [-0.05, 0) is 18.1 Å². The van der Waals surface area contributed by atoms with Crippen LogP contribution in [0.4, 0.5) is 0 Å². The van der Waals surface area contributed by atoms with Crippen molar-refractivity contribution in [2.45, 2.75) is 32.2 Å². The molecule has 3 atom stereocenters. The van der Waals surface area contributed by atoms with E-state index in [2.05, 4.69) is 12.1 Å². The van der Waals surface area contributed by atoms with E-state index in [4.69, 9.17) is 9.47 Å². The molecule has 3 nitrogen and oxygen atoms in total. The van der Waals surface area contributed by atoms with Gasteiger partial charge in [0.2, 0.25) is 0 Å². The number of ether oxygens (including phenoxy) is 2. The molecular formula is C19H20O3. The molecule has 0 saturated carbocycles. The maximum Gasteiger partial charge on any atom is 0.312 e. The molecule has 0 radical (unpaired) electrons. The molecule has 114 valence electrons. The highest BCUT2D eigenvalue weighted by Gasteiger charge is 2.44. The molecule has 1 fully saturated rings. The number of rotatable bonds is 6. The van der Waals surface area contributed by atoms with Crippen LogP contribution in [0.2, 0.25) is 0 Å². The first-order valence-corrected chi connectivity index (χ1v) is 7.64. The van der Waals surface area contributed by atoms with Crippen molar-refractivity contribution >= 4 is 5.97 Å². The van der Waals surface area contributed by atoms with Gasteiger partial charge in [0.15, 0.2) is 0 Å². The maximum atomic E-state index is 11.4. The minimum absolute atomic E-state index is 0.0931. The predicted molar refractivity (Wildman–Crippen MR) is 84.2 cm³/mol. The molecule has 3 rings (SSSR count). The van der Waals surface area contributed by atoms with Gasteiger partial charge in [-0.25, -0.2) is 0 Å². The fourth-order valence-electron chi connectivity index (χ4n) is 2.70. The summed E-state index contributed by atoms with van der Waals surface area (Å²) < 4.78 is 11.4. The van der Waals surface area contributed by atoms with E-state index < -0.39 is 0 Å². The Hall–Kier alpha value is -2.13. The molecule has 22 heavy (non-hydrogen) atoms. The summed E-state index contributed by atoms with van der Waals surface area (Å²) in [4.78, 5) is 11.4. The Morgan fingerprint density at radius 1 is 1.00 bits per heavy atom. The van der Waals surface area contributed by atoms with Crippen molar-refractivity contribution in [1.29, 1.82) is 0 Å². The van der Waals surface area contributed by atoms with Crippen molar-refractivity contribution < 1.29 is 14.3 Å². The number of hydrogen-bond donors (Lipinski definition) is 0. The van der Waals surface area contributed by atoms with Gasteiger partial charge in [0, 0.05) is 6.42 Å². The first-order chi connectivity index (χ1) is 10.7. The second-order valence-electron chi connectivity index (χ2n) is 5.71. The molecule has 1 aliphatic rings. The van der Waals surface area contributed by atoms with Gasteiger partial charge >= 0.3 is 5.97 Å². The largest absolute Gasteiger partial charge is 0.458 e. The van der Waals surface area contributed by atoms with E-state index in [1.54, 1.807) is 0 Å². The fourth-order valence-corrected chi connectivity index (χ4v) is 2.70. The quantitative estimate of drug-likeness (QED) is 0.767. The third-order valence-corrected chi connectivity index (χ3v) is 4.07. The summed E-state index contributed by atoms with van der Waals surface area (Å²) in [6.45, 7) is 2.43. The molecule has 2 aromatic rings. The van der Waals surface area contributed by atoms with Crippen LogP contribution in [-0.2, 0) is 27.3 Å². The third-order valence-electron chi connectivity index (χ3n) is 4.07. The molecule has 2 aromatic carbocycles. The highest BCUT2D eigenvalue weighted by Crippen LogP contribution is 2.28. The molecular weight excluding hydrogens is 276 g/mol. The molecule has 3 heteroatoms. The van der Waals surface area contributed by atoms with E-state index in [1.165, 1.54) is 5.56 Å². The van der Waals surface area contributed by atoms with Crippen LogP contribution in [0.15, 0.2) is 60.7 Å². The maximum absolute atomic E-state index is 11.4. The number of cyclic esters (lactones) is 1. The van der Waals surface area contributed by atoms with Crippen LogP contribution < -0.4 is 0 Å². The number of esters is 1. The van der Waals surface area contributed by atoms with Crippen LogP contribution in [-0.4, -0.2) is 18.2 Å². The zero-order valence-corrected chi connectivity index (χ0v) is 12.6. The lowest BCUT2D eigenvalue weighted by Crippen LogP contribution is -2.52. The second kappa shape index (κ2) is 6.75.